The van der Waals surface area contributed by atoms with Crippen LogP contribution in [0.25, 0.3) is 11.4 Å². The van der Waals surface area contributed by atoms with Crippen LogP contribution >= 0.6 is 0 Å². The number of methoxy groups -OCH3 is 1. The minimum Gasteiger partial charge on any atom is -0.497 e. The maximum absolute atomic E-state index is 12.6. The van der Waals surface area contributed by atoms with Crippen LogP contribution in [0, 0.1) is 0 Å². The maximum atomic E-state index is 12.6. The number of rotatable bonds is 5. The molecule has 2 aromatic rings. The van der Waals surface area contributed by atoms with Gasteiger partial charge in [0, 0.05) is 31.5 Å². The summed E-state index contributed by atoms with van der Waals surface area (Å²) in [6.45, 7) is 5.63. The van der Waals surface area contributed by atoms with E-state index in [-0.39, 0.29) is 11.8 Å². The van der Waals surface area contributed by atoms with Crippen LogP contribution < -0.4 is 4.74 Å². The molecule has 0 saturated carbocycles. The summed E-state index contributed by atoms with van der Waals surface area (Å²) in [4.78, 5) is 30.1. The molecule has 0 radical (unpaired) electrons. The van der Waals surface area contributed by atoms with E-state index in [0.29, 0.717) is 37.6 Å². The highest BCUT2D eigenvalue weighted by Gasteiger charge is 2.37. The minimum atomic E-state index is -1.16. The van der Waals surface area contributed by atoms with E-state index >= 15 is 0 Å². The molecular formula is C20H25N3O5. The van der Waals surface area contributed by atoms with E-state index in [0.717, 1.165) is 11.3 Å². The number of ether oxygens (including phenoxy) is 2. The van der Waals surface area contributed by atoms with E-state index in [4.69, 9.17) is 14.0 Å². The average molecular weight is 387 g/mol. The molecule has 1 aromatic heterocycles. The summed E-state index contributed by atoms with van der Waals surface area (Å²) < 4.78 is 15.8. The number of carbonyl (C=O) groups excluding carboxylic acids is 2. The molecule has 8 nitrogen and oxygen atoms in total. The Morgan fingerprint density at radius 2 is 1.82 bits per heavy atom. The summed E-state index contributed by atoms with van der Waals surface area (Å²) in [6, 6.07) is 7.46. The van der Waals surface area contributed by atoms with Crippen LogP contribution in [0.2, 0.25) is 0 Å². The second-order valence-electron chi connectivity index (χ2n) is 7.36. The van der Waals surface area contributed by atoms with Crippen molar-refractivity contribution in [3.63, 3.8) is 0 Å². The van der Waals surface area contributed by atoms with Gasteiger partial charge in [-0.05, 0) is 51.0 Å². The van der Waals surface area contributed by atoms with E-state index in [1.54, 1.807) is 25.9 Å². The van der Waals surface area contributed by atoms with E-state index in [9.17, 15) is 9.59 Å². The van der Waals surface area contributed by atoms with Crippen LogP contribution in [0.1, 0.15) is 45.4 Å². The predicted octanol–water partition coefficient (Wildman–Crippen LogP) is 2.79. The Balaban J connectivity index is 1.61. The molecule has 1 aliphatic heterocycles. The molecule has 0 aliphatic carbocycles. The summed E-state index contributed by atoms with van der Waals surface area (Å²) >= 11 is 0. The van der Waals surface area contributed by atoms with E-state index < -0.39 is 11.6 Å². The van der Waals surface area contributed by atoms with Crippen LogP contribution in [0.4, 0.5) is 0 Å². The first-order chi connectivity index (χ1) is 13.3. The van der Waals surface area contributed by atoms with Crippen LogP contribution in [0.3, 0.4) is 0 Å². The Morgan fingerprint density at radius 1 is 1.18 bits per heavy atom. The molecule has 1 fully saturated rings. The first kappa shape index (κ1) is 19.9. The fourth-order valence-electron chi connectivity index (χ4n) is 3.37. The number of piperidine rings is 1. The van der Waals surface area contributed by atoms with Gasteiger partial charge in [0.1, 0.15) is 5.75 Å². The van der Waals surface area contributed by atoms with Gasteiger partial charge in [0.15, 0.2) is 5.60 Å². The SMILES string of the molecule is COc1ccc(-c2noc(C3CCN(C(=O)C(C)(C)OC(C)=O)CC3)n2)cc1. The predicted molar refractivity (Wildman–Crippen MR) is 101 cm³/mol. The van der Waals surface area contributed by atoms with E-state index in [2.05, 4.69) is 10.1 Å². The van der Waals surface area contributed by atoms with Crippen molar-refractivity contribution in [2.24, 2.45) is 0 Å². The molecule has 1 aromatic carbocycles. The molecule has 1 aliphatic rings. The van der Waals surface area contributed by atoms with Gasteiger partial charge in [-0.1, -0.05) is 5.16 Å². The normalized spacial score (nSPS) is 15.4. The molecule has 1 amide bonds. The van der Waals surface area contributed by atoms with E-state index in [1.165, 1.54) is 6.92 Å². The number of carbonyl (C=O) groups is 2. The summed E-state index contributed by atoms with van der Waals surface area (Å²) in [5, 5.41) is 4.08. The quantitative estimate of drug-likeness (QED) is 0.728. The van der Waals surface area contributed by atoms with Crippen molar-refractivity contribution in [2.75, 3.05) is 20.2 Å². The number of likely N-dealkylation sites (tertiary alicyclic amines) is 1. The largest absolute Gasteiger partial charge is 0.497 e. The molecule has 0 unspecified atom stereocenters. The average Bonchev–Trinajstić information content (AvgIpc) is 3.17. The molecule has 0 atom stereocenters. The Morgan fingerprint density at radius 3 is 2.39 bits per heavy atom. The lowest BCUT2D eigenvalue weighted by molar-refractivity contribution is -0.169. The van der Waals surface area contributed by atoms with Crippen molar-refractivity contribution in [1.29, 1.82) is 0 Å². The van der Waals surface area contributed by atoms with Gasteiger partial charge in [-0.15, -0.1) is 0 Å². The van der Waals surface area contributed by atoms with Crippen LogP contribution in [-0.4, -0.2) is 52.7 Å². The van der Waals surface area contributed by atoms with Gasteiger partial charge < -0.3 is 18.9 Å². The fourth-order valence-corrected chi connectivity index (χ4v) is 3.37. The van der Waals surface area contributed by atoms with Gasteiger partial charge in [0.05, 0.1) is 7.11 Å². The molecular weight excluding hydrogens is 362 g/mol. The molecule has 0 spiro atoms. The Hall–Kier alpha value is -2.90. The number of benzene rings is 1. The Labute approximate surface area is 163 Å². The van der Waals surface area contributed by atoms with Crippen LogP contribution in [0.5, 0.6) is 5.75 Å². The zero-order valence-corrected chi connectivity index (χ0v) is 16.6. The van der Waals surface area contributed by atoms with Crippen molar-refractivity contribution in [1.82, 2.24) is 15.0 Å². The minimum absolute atomic E-state index is 0.0976. The molecule has 0 bridgehead atoms. The highest BCUT2D eigenvalue weighted by atomic mass is 16.6. The van der Waals surface area contributed by atoms with Gasteiger partial charge in [0.25, 0.3) is 5.91 Å². The first-order valence-electron chi connectivity index (χ1n) is 9.27. The summed E-state index contributed by atoms with van der Waals surface area (Å²) in [5.74, 6) is 1.32. The third-order valence-electron chi connectivity index (χ3n) is 4.84. The zero-order chi connectivity index (χ0) is 20.3. The second-order valence-corrected chi connectivity index (χ2v) is 7.36. The highest BCUT2D eigenvalue weighted by Crippen LogP contribution is 2.30. The third kappa shape index (κ3) is 4.32. The lowest BCUT2D eigenvalue weighted by Gasteiger charge is -2.35. The molecule has 3 rings (SSSR count). The fraction of sp³-hybridized carbons (Fsp3) is 0.500. The van der Waals surface area contributed by atoms with Crippen molar-refractivity contribution < 1.29 is 23.6 Å². The second kappa shape index (κ2) is 8.00. The Bertz CT molecular complexity index is 836. The number of amides is 1. The van der Waals surface area contributed by atoms with Crippen LogP contribution in [0.15, 0.2) is 28.8 Å². The lowest BCUT2D eigenvalue weighted by Crippen LogP contribution is -2.50. The van der Waals surface area contributed by atoms with E-state index in [1.807, 2.05) is 24.3 Å². The summed E-state index contributed by atoms with van der Waals surface area (Å²) in [6.07, 6.45) is 1.43. The van der Waals surface area contributed by atoms with Crippen molar-refractivity contribution >= 4 is 11.9 Å². The molecule has 2 heterocycles. The molecule has 1 saturated heterocycles. The standard InChI is InChI=1S/C20H25N3O5/c1-13(24)27-20(2,3)19(25)23-11-9-15(10-12-23)18-21-17(22-28-18)14-5-7-16(26-4)8-6-14/h5-8,15H,9-12H2,1-4H3. The third-order valence-corrected chi connectivity index (χ3v) is 4.84. The van der Waals surface area contributed by atoms with Crippen molar-refractivity contribution in [2.45, 2.75) is 45.1 Å². The highest BCUT2D eigenvalue weighted by molar-refractivity contribution is 5.86. The van der Waals surface area contributed by atoms with Gasteiger partial charge in [0.2, 0.25) is 11.7 Å². The monoisotopic (exact) mass is 387 g/mol. The number of nitrogens with zero attached hydrogens (tertiary/aromatic N) is 3. The first-order valence-corrected chi connectivity index (χ1v) is 9.27. The topological polar surface area (TPSA) is 94.8 Å². The molecule has 28 heavy (non-hydrogen) atoms. The summed E-state index contributed by atoms with van der Waals surface area (Å²) in [7, 11) is 1.62. The van der Waals surface area contributed by atoms with Gasteiger partial charge >= 0.3 is 5.97 Å². The number of esters is 1. The smallest absolute Gasteiger partial charge is 0.303 e. The number of aromatic nitrogens is 2. The lowest BCUT2D eigenvalue weighted by atomic mass is 9.95. The van der Waals surface area contributed by atoms with Gasteiger partial charge in [-0.25, -0.2) is 0 Å². The summed E-state index contributed by atoms with van der Waals surface area (Å²) in [5.41, 5.74) is -0.309. The number of hydrogen-bond acceptors (Lipinski definition) is 7. The number of hydrogen-bond donors (Lipinski definition) is 0. The van der Waals surface area contributed by atoms with Crippen LogP contribution in [-0.2, 0) is 14.3 Å². The molecule has 0 N–H and O–H groups in total. The van der Waals surface area contributed by atoms with Crippen molar-refractivity contribution in [3.8, 4) is 17.1 Å². The molecule has 8 heteroatoms. The maximum Gasteiger partial charge on any atom is 0.303 e. The van der Waals surface area contributed by atoms with Crippen molar-refractivity contribution in [3.05, 3.63) is 30.2 Å². The Kier molecular flexibility index (Phi) is 5.67. The zero-order valence-electron chi connectivity index (χ0n) is 16.6. The van der Waals surface area contributed by atoms with Gasteiger partial charge in [-0.2, -0.15) is 4.98 Å². The van der Waals surface area contributed by atoms with Gasteiger partial charge in [-0.3, -0.25) is 9.59 Å². The molecule has 150 valence electrons.